The predicted octanol–water partition coefficient (Wildman–Crippen LogP) is 1.38. The highest BCUT2D eigenvalue weighted by Crippen LogP contribution is 2.25. The molecule has 8 heteroatoms. The molecule has 0 amide bonds. The molecule has 2 heterocycles. The Kier molecular flexibility index (Phi) is 3.33. The molecule has 114 valence electrons. The SMILES string of the molecule is N#CCc1c(C#N)c(N)n2c(=O)c3cc(F)ccc3nc2c1C#N. The summed E-state index contributed by atoms with van der Waals surface area (Å²) in [5.74, 6) is -0.859. The van der Waals surface area contributed by atoms with E-state index in [1.54, 1.807) is 0 Å². The minimum Gasteiger partial charge on any atom is -0.384 e. The number of aromatic nitrogens is 2. The lowest BCUT2D eigenvalue weighted by Crippen LogP contribution is -2.22. The Hall–Kier alpha value is -3.96. The highest BCUT2D eigenvalue weighted by Gasteiger charge is 2.21. The summed E-state index contributed by atoms with van der Waals surface area (Å²) in [6.07, 6.45) is -0.232. The van der Waals surface area contributed by atoms with Gasteiger partial charge in [-0.2, -0.15) is 15.8 Å². The maximum atomic E-state index is 13.4. The van der Waals surface area contributed by atoms with Gasteiger partial charge in [0, 0.05) is 5.56 Å². The number of hydrogen-bond acceptors (Lipinski definition) is 6. The molecule has 0 spiro atoms. The molecule has 24 heavy (non-hydrogen) atoms. The number of halogens is 1. The summed E-state index contributed by atoms with van der Waals surface area (Å²) >= 11 is 0. The van der Waals surface area contributed by atoms with Crippen LogP contribution in [0, 0.1) is 39.8 Å². The van der Waals surface area contributed by atoms with E-state index in [0.717, 1.165) is 16.5 Å². The fourth-order valence-corrected chi connectivity index (χ4v) is 2.57. The van der Waals surface area contributed by atoms with E-state index in [1.807, 2.05) is 18.2 Å². The molecule has 3 rings (SSSR count). The highest BCUT2D eigenvalue weighted by atomic mass is 19.1. The summed E-state index contributed by atoms with van der Waals surface area (Å²) in [5.41, 5.74) is 5.23. The zero-order valence-electron chi connectivity index (χ0n) is 12.0. The van der Waals surface area contributed by atoms with Crippen molar-refractivity contribution in [1.29, 1.82) is 15.8 Å². The normalized spacial score (nSPS) is 10.2. The number of pyridine rings is 1. The summed E-state index contributed by atoms with van der Waals surface area (Å²) < 4.78 is 14.3. The molecule has 0 aliphatic carbocycles. The third-order valence-corrected chi connectivity index (χ3v) is 3.63. The van der Waals surface area contributed by atoms with Crippen molar-refractivity contribution >= 4 is 22.4 Å². The van der Waals surface area contributed by atoms with E-state index in [2.05, 4.69) is 4.98 Å². The number of nitrogens with two attached hydrogens (primary N) is 1. The highest BCUT2D eigenvalue weighted by molar-refractivity contribution is 5.83. The Labute approximate surface area is 134 Å². The first-order valence-corrected chi connectivity index (χ1v) is 6.67. The monoisotopic (exact) mass is 318 g/mol. The molecule has 7 nitrogen and oxygen atoms in total. The van der Waals surface area contributed by atoms with Crippen molar-refractivity contribution in [2.45, 2.75) is 6.42 Å². The Morgan fingerprint density at radius 2 is 1.92 bits per heavy atom. The largest absolute Gasteiger partial charge is 0.384 e. The van der Waals surface area contributed by atoms with Gasteiger partial charge in [-0.3, -0.25) is 4.79 Å². The molecule has 0 unspecified atom stereocenters. The zero-order chi connectivity index (χ0) is 17.4. The van der Waals surface area contributed by atoms with E-state index in [-0.39, 0.29) is 45.5 Å². The molecule has 3 aromatic rings. The summed E-state index contributed by atoms with van der Waals surface area (Å²) in [6, 6.07) is 9.01. The van der Waals surface area contributed by atoms with E-state index in [9.17, 15) is 19.7 Å². The second kappa shape index (κ2) is 5.35. The smallest absolute Gasteiger partial charge is 0.267 e. The van der Waals surface area contributed by atoms with Crippen molar-refractivity contribution in [2.75, 3.05) is 5.73 Å². The van der Waals surface area contributed by atoms with Gasteiger partial charge in [-0.25, -0.2) is 13.8 Å². The number of fused-ring (bicyclic) bond motifs is 2. The first kappa shape index (κ1) is 15.0. The first-order chi connectivity index (χ1) is 11.5. The molecule has 1 aromatic carbocycles. The van der Waals surface area contributed by atoms with E-state index in [1.165, 1.54) is 6.07 Å². The lowest BCUT2D eigenvalue weighted by atomic mass is 10.0. The number of nitrogens with zero attached hydrogens (tertiary/aromatic N) is 5. The fraction of sp³-hybridized carbons (Fsp3) is 0.0625. The van der Waals surface area contributed by atoms with Crippen molar-refractivity contribution in [2.24, 2.45) is 0 Å². The Morgan fingerprint density at radius 3 is 2.54 bits per heavy atom. The van der Waals surface area contributed by atoms with E-state index < -0.39 is 11.4 Å². The van der Waals surface area contributed by atoms with Crippen LogP contribution in [-0.4, -0.2) is 9.38 Å². The lowest BCUT2D eigenvalue weighted by Gasteiger charge is -2.13. The van der Waals surface area contributed by atoms with Crippen LogP contribution >= 0.6 is 0 Å². The van der Waals surface area contributed by atoms with E-state index in [4.69, 9.17) is 11.0 Å². The van der Waals surface area contributed by atoms with Gasteiger partial charge in [-0.15, -0.1) is 0 Å². The van der Waals surface area contributed by atoms with Gasteiger partial charge in [0.05, 0.1) is 29.0 Å². The Balaban J connectivity index is 2.68. The van der Waals surface area contributed by atoms with E-state index in [0.29, 0.717) is 0 Å². The van der Waals surface area contributed by atoms with Gasteiger partial charge in [0.25, 0.3) is 5.56 Å². The second-order valence-corrected chi connectivity index (χ2v) is 4.91. The summed E-state index contributed by atoms with van der Waals surface area (Å²) in [6.45, 7) is 0. The van der Waals surface area contributed by atoms with Gasteiger partial charge in [-0.1, -0.05) is 0 Å². The van der Waals surface area contributed by atoms with Crippen molar-refractivity contribution in [3.05, 3.63) is 51.1 Å². The number of rotatable bonds is 1. The third-order valence-electron chi connectivity index (χ3n) is 3.63. The van der Waals surface area contributed by atoms with Gasteiger partial charge >= 0.3 is 0 Å². The number of hydrogen-bond donors (Lipinski definition) is 1. The van der Waals surface area contributed by atoms with Crippen LogP contribution in [0.4, 0.5) is 10.2 Å². The van der Waals surface area contributed by atoms with Gasteiger partial charge in [-0.05, 0) is 18.2 Å². The van der Waals surface area contributed by atoms with E-state index >= 15 is 0 Å². The average molecular weight is 318 g/mol. The Morgan fingerprint density at radius 1 is 1.21 bits per heavy atom. The maximum absolute atomic E-state index is 13.4. The molecule has 0 saturated carbocycles. The van der Waals surface area contributed by atoms with Gasteiger partial charge < -0.3 is 5.73 Å². The number of nitrogen functional groups attached to an aromatic ring is 1. The summed E-state index contributed by atoms with van der Waals surface area (Å²) in [4.78, 5) is 16.9. The summed E-state index contributed by atoms with van der Waals surface area (Å²) in [5, 5.41) is 27.7. The number of nitriles is 3. The fourth-order valence-electron chi connectivity index (χ4n) is 2.57. The zero-order valence-corrected chi connectivity index (χ0v) is 12.0. The minimum absolute atomic E-state index is 0.0278. The predicted molar refractivity (Wildman–Crippen MR) is 82.1 cm³/mol. The van der Waals surface area contributed by atoms with Crippen molar-refractivity contribution in [1.82, 2.24) is 9.38 Å². The van der Waals surface area contributed by atoms with Crippen molar-refractivity contribution in [3.8, 4) is 18.2 Å². The molecule has 0 saturated heterocycles. The quantitative estimate of drug-likeness (QED) is 0.674. The molecule has 0 aliphatic rings. The third kappa shape index (κ3) is 1.93. The number of benzene rings is 1. The molecular weight excluding hydrogens is 311 g/mol. The van der Waals surface area contributed by atoms with Crippen molar-refractivity contribution < 1.29 is 4.39 Å². The van der Waals surface area contributed by atoms with Crippen molar-refractivity contribution in [3.63, 3.8) is 0 Å². The molecular formula is C16H7FN6O. The molecule has 2 N–H and O–H groups in total. The molecule has 0 bridgehead atoms. The molecule has 0 radical (unpaired) electrons. The van der Waals surface area contributed by atoms with Crippen LogP contribution in [0.15, 0.2) is 23.0 Å². The van der Waals surface area contributed by atoms with Crippen LogP contribution in [0.3, 0.4) is 0 Å². The minimum atomic E-state index is -0.691. The topological polar surface area (TPSA) is 132 Å². The van der Waals surface area contributed by atoms with Gasteiger partial charge in [0.2, 0.25) is 0 Å². The number of anilines is 1. The van der Waals surface area contributed by atoms with Crippen LogP contribution in [0.2, 0.25) is 0 Å². The van der Waals surface area contributed by atoms with Gasteiger partial charge in [0.1, 0.15) is 29.3 Å². The molecule has 0 fully saturated rings. The molecule has 0 atom stereocenters. The molecule has 2 aromatic heterocycles. The van der Waals surface area contributed by atoms with Crippen LogP contribution in [0.25, 0.3) is 16.6 Å². The maximum Gasteiger partial charge on any atom is 0.267 e. The van der Waals surface area contributed by atoms with Crippen LogP contribution in [0.5, 0.6) is 0 Å². The van der Waals surface area contributed by atoms with Crippen LogP contribution < -0.4 is 11.3 Å². The standard InChI is InChI=1S/C16H7FN6O/c17-8-1-2-13-10(5-8)16(24)23-14(21)11(6-19)9(3-4-18)12(7-20)15(23)22-13/h1-2,5H,3,21H2. The average Bonchev–Trinajstić information content (AvgIpc) is 2.56. The van der Waals surface area contributed by atoms with Crippen LogP contribution in [-0.2, 0) is 6.42 Å². The Bertz CT molecular complexity index is 1210. The van der Waals surface area contributed by atoms with Crippen LogP contribution in [0.1, 0.15) is 16.7 Å². The van der Waals surface area contributed by atoms with Gasteiger partial charge in [0.15, 0.2) is 5.65 Å². The second-order valence-electron chi connectivity index (χ2n) is 4.91. The molecule has 0 aliphatic heterocycles. The summed E-state index contributed by atoms with van der Waals surface area (Å²) in [7, 11) is 0. The lowest BCUT2D eigenvalue weighted by molar-refractivity contribution is 0.629. The first-order valence-electron chi connectivity index (χ1n) is 6.67.